The summed E-state index contributed by atoms with van der Waals surface area (Å²) >= 11 is 0. The maximum atomic E-state index is 12.5. The summed E-state index contributed by atoms with van der Waals surface area (Å²) in [6, 6.07) is 16.6. The van der Waals surface area contributed by atoms with Gasteiger partial charge >= 0.3 is 0 Å². The molecule has 4 aromatic rings. The second-order valence-corrected chi connectivity index (χ2v) is 5.29. The van der Waals surface area contributed by atoms with Crippen molar-refractivity contribution >= 4 is 33.7 Å². The summed E-state index contributed by atoms with van der Waals surface area (Å²) in [5, 5.41) is 9.94. The zero-order valence-corrected chi connectivity index (χ0v) is 12.5. The molecule has 0 fully saturated rings. The predicted molar refractivity (Wildman–Crippen MR) is 92.1 cm³/mol. The molecule has 0 aliphatic rings. The highest BCUT2D eigenvalue weighted by Crippen LogP contribution is 2.19. The number of para-hydroxylation sites is 3. The van der Waals surface area contributed by atoms with E-state index in [1.165, 1.54) is 12.3 Å². The van der Waals surface area contributed by atoms with Crippen molar-refractivity contribution in [3.8, 4) is 6.07 Å². The van der Waals surface area contributed by atoms with Gasteiger partial charge in [0.15, 0.2) is 5.43 Å². The number of allylic oxidation sites excluding steroid dienone is 1. The van der Waals surface area contributed by atoms with Crippen molar-refractivity contribution in [1.82, 2.24) is 9.97 Å². The average Bonchev–Trinajstić information content (AvgIpc) is 3.05. The zero-order chi connectivity index (χ0) is 16.5. The molecule has 0 spiro atoms. The highest BCUT2D eigenvalue weighted by Gasteiger charge is 2.10. The first-order valence-electron chi connectivity index (χ1n) is 7.34. The van der Waals surface area contributed by atoms with E-state index in [0.29, 0.717) is 22.4 Å². The first-order valence-corrected chi connectivity index (χ1v) is 7.34. The molecule has 0 aliphatic carbocycles. The number of H-pyrrole nitrogens is 1. The lowest BCUT2D eigenvalue weighted by Crippen LogP contribution is -2.05. The van der Waals surface area contributed by atoms with E-state index in [2.05, 4.69) is 16.0 Å². The Hall–Kier alpha value is -3.65. The number of nitrogens with one attached hydrogen (secondary N) is 1. The number of imidazole rings is 1. The Balaban J connectivity index is 1.88. The van der Waals surface area contributed by atoms with Crippen LogP contribution in [-0.2, 0) is 0 Å². The van der Waals surface area contributed by atoms with Crippen molar-refractivity contribution in [2.75, 3.05) is 0 Å². The minimum absolute atomic E-state index is 0.180. The molecule has 0 saturated heterocycles. The average molecular weight is 313 g/mol. The van der Waals surface area contributed by atoms with Crippen molar-refractivity contribution < 1.29 is 4.42 Å². The molecular weight excluding hydrogens is 302 g/mol. The molecule has 0 bridgehead atoms. The third kappa shape index (κ3) is 2.27. The number of hydrogen-bond acceptors (Lipinski definition) is 4. The quantitative estimate of drug-likeness (QED) is 0.571. The molecule has 0 radical (unpaired) electrons. The van der Waals surface area contributed by atoms with E-state index >= 15 is 0 Å². The van der Waals surface area contributed by atoms with Crippen molar-refractivity contribution in [3.05, 3.63) is 76.4 Å². The van der Waals surface area contributed by atoms with Crippen LogP contribution in [0.25, 0.3) is 33.7 Å². The zero-order valence-electron chi connectivity index (χ0n) is 12.5. The minimum atomic E-state index is -0.180. The van der Waals surface area contributed by atoms with Gasteiger partial charge in [-0.2, -0.15) is 5.26 Å². The second-order valence-electron chi connectivity index (χ2n) is 5.29. The highest BCUT2D eigenvalue weighted by molar-refractivity contribution is 5.91. The fourth-order valence-corrected chi connectivity index (χ4v) is 2.58. The summed E-state index contributed by atoms with van der Waals surface area (Å²) in [4.78, 5) is 20.0. The Kier molecular flexibility index (Phi) is 3.22. The molecule has 2 aromatic carbocycles. The molecule has 4 rings (SSSR count). The van der Waals surface area contributed by atoms with E-state index in [0.717, 1.165) is 11.0 Å². The number of aromatic nitrogens is 2. The first kappa shape index (κ1) is 14.0. The molecule has 0 saturated carbocycles. The predicted octanol–water partition coefficient (Wildman–Crippen LogP) is 3.73. The van der Waals surface area contributed by atoms with E-state index in [-0.39, 0.29) is 11.0 Å². The van der Waals surface area contributed by atoms with Crippen LogP contribution in [0, 0.1) is 11.3 Å². The molecule has 0 aliphatic heterocycles. The topological polar surface area (TPSA) is 82.7 Å². The molecule has 5 heteroatoms. The number of nitrogens with zero attached hydrogens (tertiary/aromatic N) is 2. The van der Waals surface area contributed by atoms with Crippen LogP contribution >= 0.6 is 0 Å². The number of rotatable bonds is 2. The van der Waals surface area contributed by atoms with Gasteiger partial charge in [0, 0.05) is 0 Å². The van der Waals surface area contributed by atoms with Crippen LogP contribution in [0.15, 0.2) is 64.0 Å². The maximum absolute atomic E-state index is 12.5. The first-order chi connectivity index (χ1) is 11.8. The number of aromatic amines is 1. The molecule has 2 heterocycles. The summed E-state index contributed by atoms with van der Waals surface area (Å²) < 4.78 is 5.48. The van der Waals surface area contributed by atoms with Crippen molar-refractivity contribution in [2.45, 2.75) is 0 Å². The van der Waals surface area contributed by atoms with Gasteiger partial charge in [-0.1, -0.05) is 24.3 Å². The van der Waals surface area contributed by atoms with Crippen LogP contribution in [0.5, 0.6) is 0 Å². The second kappa shape index (κ2) is 5.52. The summed E-state index contributed by atoms with van der Waals surface area (Å²) in [6.45, 7) is 0. The van der Waals surface area contributed by atoms with Gasteiger partial charge in [0.25, 0.3) is 0 Å². The van der Waals surface area contributed by atoms with E-state index in [9.17, 15) is 10.1 Å². The lowest BCUT2D eigenvalue weighted by atomic mass is 10.1. The Morgan fingerprint density at radius 2 is 1.96 bits per heavy atom. The molecule has 1 N–H and O–H groups in total. The maximum Gasteiger partial charge on any atom is 0.199 e. The van der Waals surface area contributed by atoms with Crippen LogP contribution in [0.4, 0.5) is 0 Å². The molecule has 0 atom stereocenters. The highest BCUT2D eigenvalue weighted by atomic mass is 16.3. The summed E-state index contributed by atoms with van der Waals surface area (Å²) in [5.74, 6) is 0.422. The third-order valence-corrected chi connectivity index (χ3v) is 3.77. The van der Waals surface area contributed by atoms with Gasteiger partial charge in [0.05, 0.1) is 27.6 Å². The molecule has 24 heavy (non-hydrogen) atoms. The number of benzene rings is 2. The lowest BCUT2D eigenvalue weighted by molar-refractivity contribution is 0.601. The Labute approximate surface area is 136 Å². The Bertz CT molecular complexity index is 1160. The fraction of sp³-hybridized carbons (Fsp3) is 0. The van der Waals surface area contributed by atoms with Crippen LogP contribution in [0.1, 0.15) is 11.4 Å². The molecular formula is C19H11N3O2. The standard InChI is InChI=1S/C19H11N3O2/c20-10-12(19-21-15-6-2-3-7-16(15)22-19)9-13-11-24-17-8-4-1-5-14(17)18(13)23/h1-9,11H,(H,21,22). The van der Waals surface area contributed by atoms with Gasteiger partial charge in [-0.15, -0.1) is 0 Å². The van der Waals surface area contributed by atoms with E-state index in [1.54, 1.807) is 24.3 Å². The van der Waals surface area contributed by atoms with Crippen molar-refractivity contribution in [3.63, 3.8) is 0 Å². The molecule has 5 nitrogen and oxygen atoms in total. The van der Waals surface area contributed by atoms with Gasteiger partial charge in [0.1, 0.15) is 23.7 Å². The summed E-state index contributed by atoms with van der Waals surface area (Å²) in [5.41, 5.74) is 2.51. The normalized spacial score (nSPS) is 11.7. The van der Waals surface area contributed by atoms with E-state index in [4.69, 9.17) is 4.42 Å². The Morgan fingerprint density at radius 1 is 1.17 bits per heavy atom. The molecule has 0 amide bonds. The molecule has 114 valence electrons. The minimum Gasteiger partial charge on any atom is -0.463 e. The van der Waals surface area contributed by atoms with Crippen molar-refractivity contribution in [1.29, 1.82) is 5.26 Å². The van der Waals surface area contributed by atoms with Gasteiger partial charge in [-0.25, -0.2) is 4.98 Å². The summed E-state index contributed by atoms with van der Waals surface area (Å²) in [7, 11) is 0. The molecule has 2 aromatic heterocycles. The third-order valence-electron chi connectivity index (χ3n) is 3.77. The molecule has 0 unspecified atom stereocenters. The van der Waals surface area contributed by atoms with Gasteiger partial charge in [-0.05, 0) is 30.3 Å². The van der Waals surface area contributed by atoms with Crippen LogP contribution in [0.3, 0.4) is 0 Å². The van der Waals surface area contributed by atoms with E-state index < -0.39 is 0 Å². The fourth-order valence-electron chi connectivity index (χ4n) is 2.58. The number of hydrogen-bond donors (Lipinski definition) is 1. The van der Waals surface area contributed by atoms with E-state index in [1.807, 2.05) is 24.3 Å². The SMILES string of the molecule is N#CC(=Cc1coc2ccccc2c1=O)c1nc2ccccc2[nH]1. The van der Waals surface area contributed by atoms with Crippen LogP contribution in [-0.4, -0.2) is 9.97 Å². The van der Waals surface area contributed by atoms with Crippen molar-refractivity contribution in [2.24, 2.45) is 0 Å². The Morgan fingerprint density at radius 3 is 2.79 bits per heavy atom. The lowest BCUT2D eigenvalue weighted by Gasteiger charge is -1.98. The largest absolute Gasteiger partial charge is 0.463 e. The van der Waals surface area contributed by atoms with Crippen LogP contribution < -0.4 is 5.43 Å². The van der Waals surface area contributed by atoms with Crippen LogP contribution in [0.2, 0.25) is 0 Å². The smallest absolute Gasteiger partial charge is 0.199 e. The van der Waals surface area contributed by atoms with Gasteiger partial charge < -0.3 is 9.40 Å². The van der Waals surface area contributed by atoms with Gasteiger partial charge in [0.2, 0.25) is 0 Å². The van der Waals surface area contributed by atoms with Gasteiger partial charge in [-0.3, -0.25) is 4.79 Å². The summed E-state index contributed by atoms with van der Waals surface area (Å²) in [6.07, 6.45) is 2.86. The number of nitriles is 1. The number of fused-ring (bicyclic) bond motifs is 2. The monoisotopic (exact) mass is 313 g/mol.